The second-order valence-corrected chi connectivity index (χ2v) is 7.06. The third-order valence-corrected chi connectivity index (χ3v) is 5.41. The molecule has 1 heterocycles. The van der Waals surface area contributed by atoms with Crippen molar-refractivity contribution < 1.29 is 9.59 Å². The van der Waals surface area contributed by atoms with Crippen molar-refractivity contribution in [2.45, 2.75) is 62.6 Å². The Balaban J connectivity index is 1.98. The van der Waals surface area contributed by atoms with Crippen LogP contribution in [0.4, 0.5) is 0 Å². The number of carbonyl (C=O) groups is 2. The van der Waals surface area contributed by atoms with E-state index in [4.69, 9.17) is 0 Å². The molecule has 0 spiro atoms. The number of hydrogen-bond acceptors (Lipinski definition) is 3. The number of amides is 2. The van der Waals surface area contributed by atoms with Gasteiger partial charge < -0.3 is 0 Å². The van der Waals surface area contributed by atoms with Gasteiger partial charge in [-0.1, -0.05) is 69.5 Å². The summed E-state index contributed by atoms with van der Waals surface area (Å²) < 4.78 is 0. The first-order valence-electron chi connectivity index (χ1n) is 8.51. The van der Waals surface area contributed by atoms with Crippen LogP contribution in [0.25, 0.3) is 0 Å². The number of hydrazine groups is 1. The maximum Gasteiger partial charge on any atom is 0.248 e. The Morgan fingerprint density at radius 1 is 1.17 bits per heavy atom. The molecule has 2 unspecified atom stereocenters. The zero-order valence-electron chi connectivity index (χ0n) is 14.0. The number of rotatable bonds is 9. The Bertz CT molecular complexity index is 521. The summed E-state index contributed by atoms with van der Waals surface area (Å²) in [5.41, 5.74) is 2.74. The standard InChI is InChI=1S/C18H26N2O2S/c1-3-5-6-10-13-15-17(22)20(19-16(21)4-2)18(15)23-14-11-8-7-9-12-14/h7-9,11-12,15,18H,3-6,10,13H2,1-2H3,(H,19,21). The van der Waals surface area contributed by atoms with E-state index in [-0.39, 0.29) is 23.1 Å². The van der Waals surface area contributed by atoms with E-state index in [0.717, 1.165) is 17.7 Å². The maximum absolute atomic E-state index is 12.4. The highest BCUT2D eigenvalue weighted by molar-refractivity contribution is 8.00. The number of benzene rings is 1. The molecule has 1 N–H and O–H groups in total. The summed E-state index contributed by atoms with van der Waals surface area (Å²) in [7, 11) is 0. The summed E-state index contributed by atoms with van der Waals surface area (Å²) in [6.07, 6.45) is 5.94. The molecule has 0 radical (unpaired) electrons. The molecule has 4 nitrogen and oxygen atoms in total. The minimum Gasteiger partial charge on any atom is -0.273 e. The molecule has 1 aliphatic rings. The number of nitrogens with one attached hydrogen (secondary N) is 1. The maximum atomic E-state index is 12.4. The van der Waals surface area contributed by atoms with E-state index in [2.05, 4.69) is 12.3 Å². The van der Waals surface area contributed by atoms with Crippen LogP contribution in [-0.2, 0) is 9.59 Å². The van der Waals surface area contributed by atoms with Crippen LogP contribution in [0.3, 0.4) is 0 Å². The van der Waals surface area contributed by atoms with E-state index in [1.807, 2.05) is 30.3 Å². The molecule has 2 amide bonds. The van der Waals surface area contributed by atoms with E-state index in [9.17, 15) is 9.59 Å². The highest BCUT2D eigenvalue weighted by atomic mass is 32.2. The molecule has 5 heteroatoms. The fraction of sp³-hybridized carbons (Fsp3) is 0.556. The van der Waals surface area contributed by atoms with E-state index >= 15 is 0 Å². The predicted octanol–water partition coefficient (Wildman–Crippen LogP) is 3.97. The van der Waals surface area contributed by atoms with E-state index in [0.29, 0.717) is 6.42 Å². The molecule has 23 heavy (non-hydrogen) atoms. The van der Waals surface area contributed by atoms with Crippen molar-refractivity contribution in [1.29, 1.82) is 0 Å². The molecule has 1 fully saturated rings. The normalized spacial score (nSPS) is 20.3. The summed E-state index contributed by atoms with van der Waals surface area (Å²) in [5.74, 6) is -0.0487. The van der Waals surface area contributed by atoms with Crippen LogP contribution >= 0.6 is 11.8 Å². The molecule has 2 rings (SSSR count). The smallest absolute Gasteiger partial charge is 0.248 e. The van der Waals surface area contributed by atoms with Crippen LogP contribution in [0.15, 0.2) is 35.2 Å². The largest absolute Gasteiger partial charge is 0.273 e. The van der Waals surface area contributed by atoms with Crippen LogP contribution in [0.2, 0.25) is 0 Å². The number of thioether (sulfide) groups is 1. The first kappa shape index (κ1) is 17.9. The van der Waals surface area contributed by atoms with Crippen molar-refractivity contribution in [3.8, 4) is 0 Å². The van der Waals surface area contributed by atoms with Gasteiger partial charge in [-0.25, -0.2) is 5.01 Å². The average molecular weight is 334 g/mol. The highest BCUT2D eigenvalue weighted by Crippen LogP contribution is 2.40. The average Bonchev–Trinajstić information content (AvgIpc) is 2.59. The molecule has 0 saturated carbocycles. The first-order chi connectivity index (χ1) is 11.2. The third kappa shape index (κ3) is 4.74. The van der Waals surface area contributed by atoms with Gasteiger partial charge in [0.1, 0.15) is 5.37 Å². The topological polar surface area (TPSA) is 49.4 Å². The number of hydrogen-bond donors (Lipinski definition) is 1. The summed E-state index contributed by atoms with van der Waals surface area (Å²) in [5, 5.41) is 1.52. The molecule has 1 aliphatic heterocycles. The van der Waals surface area contributed by atoms with Gasteiger partial charge in [-0.15, -0.1) is 0 Å². The van der Waals surface area contributed by atoms with Gasteiger partial charge in [0.2, 0.25) is 11.8 Å². The van der Waals surface area contributed by atoms with E-state index in [1.54, 1.807) is 18.7 Å². The molecule has 1 aromatic rings. The fourth-order valence-corrected chi connectivity index (χ4v) is 3.96. The first-order valence-corrected chi connectivity index (χ1v) is 9.39. The minimum atomic E-state index is -0.110. The Morgan fingerprint density at radius 3 is 2.57 bits per heavy atom. The second-order valence-electron chi connectivity index (χ2n) is 5.87. The van der Waals surface area contributed by atoms with Gasteiger partial charge in [-0.3, -0.25) is 15.0 Å². The molecular weight excluding hydrogens is 308 g/mol. The predicted molar refractivity (Wildman–Crippen MR) is 93.6 cm³/mol. The van der Waals surface area contributed by atoms with Gasteiger partial charge in [0.25, 0.3) is 0 Å². The van der Waals surface area contributed by atoms with Crippen LogP contribution in [-0.4, -0.2) is 22.2 Å². The third-order valence-electron chi connectivity index (χ3n) is 4.09. The lowest BCUT2D eigenvalue weighted by Gasteiger charge is -2.46. The Hall–Kier alpha value is -1.49. The number of unbranched alkanes of at least 4 members (excludes halogenated alkanes) is 3. The summed E-state index contributed by atoms with van der Waals surface area (Å²) >= 11 is 1.66. The molecule has 1 saturated heterocycles. The van der Waals surface area contributed by atoms with Crippen LogP contribution < -0.4 is 5.43 Å². The summed E-state index contributed by atoms with van der Waals surface area (Å²) in [4.78, 5) is 25.1. The molecule has 126 valence electrons. The highest BCUT2D eigenvalue weighted by Gasteiger charge is 2.48. The zero-order chi connectivity index (χ0) is 16.7. The lowest BCUT2D eigenvalue weighted by Crippen LogP contribution is -2.65. The van der Waals surface area contributed by atoms with Gasteiger partial charge in [0.05, 0.1) is 5.92 Å². The van der Waals surface area contributed by atoms with Crippen molar-refractivity contribution in [3.05, 3.63) is 30.3 Å². The van der Waals surface area contributed by atoms with Crippen molar-refractivity contribution in [2.75, 3.05) is 0 Å². The van der Waals surface area contributed by atoms with Crippen LogP contribution in [0, 0.1) is 5.92 Å². The lowest BCUT2D eigenvalue weighted by molar-refractivity contribution is -0.160. The molecule has 0 aliphatic carbocycles. The van der Waals surface area contributed by atoms with E-state index < -0.39 is 0 Å². The van der Waals surface area contributed by atoms with Crippen molar-refractivity contribution >= 4 is 23.6 Å². The SMILES string of the molecule is CCCCCCC1C(=O)N(NC(=O)CC)C1Sc1ccccc1. The second kappa shape index (κ2) is 8.96. The fourth-order valence-electron chi connectivity index (χ4n) is 2.69. The van der Waals surface area contributed by atoms with Crippen LogP contribution in [0.1, 0.15) is 52.4 Å². The van der Waals surface area contributed by atoms with Crippen molar-refractivity contribution in [1.82, 2.24) is 10.4 Å². The van der Waals surface area contributed by atoms with Crippen molar-refractivity contribution in [3.63, 3.8) is 0 Å². The van der Waals surface area contributed by atoms with Gasteiger partial charge in [-0.05, 0) is 18.6 Å². The van der Waals surface area contributed by atoms with Gasteiger partial charge in [0.15, 0.2) is 0 Å². The molecule has 1 aromatic carbocycles. The quantitative estimate of drug-likeness (QED) is 0.549. The molecular formula is C18H26N2O2S. The molecule has 0 bridgehead atoms. The van der Waals surface area contributed by atoms with E-state index in [1.165, 1.54) is 24.3 Å². The number of carbonyl (C=O) groups excluding carboxylic acids is 2. The Labute approximate surface area is 143 Å². The van der Waals surface area contributed by atoms with Gasteiger partial charge in [0, 0.05) is 11.3 Å². The van der Waals surface area contributed by atoms with Crippen molar-refractivity contribution in [2.24, 2.45) is 5.92 Å². The monoisotopic (exact) mass is 334 g/mol. The van der Waals surface area contributed by atoms with Gasteiger partial charge >= 0.3 is 0 Å². The molecule has 0 aromatic heterocycles. The summed E-state index contributed by atoms with van der Waals surface area (Å²) in [6, 6.07) is 10.1. The Kier molecular flexibility index (Phi) is 6.96. The Morgan fingerprint density at radius 2 is 1.91 bits per heavy atom. The molecule has 2 atom stereocenters. The summed E-state index contributed by atoms with van der Waals surface area (Å²) in [6.45, 7) is 3.98. The number of β-lactam (4-membered cyclic amide) rings is 1. The number of nitrogens with zero attached hydrogens (tertiary/aromatic N) is 1. The van der Waals surface area contributed by atoms with Crippen LogP contribution in [0.5, 0.6) is 0 Å². The lowest BCUT2D eigenvalue weighted by atomic mass is 9.93. The minimum absolute atomic E-state index is 0.00188. The van der Waals surface area contributed by atoms with Gasteiger partial charge in [-0.2, -0.15) is 0 Å². The zero-order valence-corrected chi connectivity index (χ0v) is 14.8.